The summed E-state index contributed by atoms with van der Waals surface area (Å²) in [5.74, 6) is -0.182. The normalized spacial score (nSPS) is 19.2. The number of allylic oxidation sites excluding steroid dienone is 5. The molecule has 0 aromatic rings. The van der Waals surface area contributed by atoms with Crippen molar-refractivity contribution in [3.63, 3.8) is 0 Å². The average Bonchev–Trinajstić information content (AvgIpc) is 3.39. The SMILES string of the molecule is CCCCCCCCCCCCCC/C=C\CCCCCCCCCCCCCCCCC(=O)NC(COC1OC(CO)C(O)C(O)C1O)C(O)/C=C/CC/C=C/CCCCCCCCCCCCCCCC. The fraction of sp³-hybridized carbons (Fsp3) is 0.891. The first-order valence-corrected chi connectivity index (χ1v) is 31.7. The molecule has 0 aromatic heterocycles. The van der Waals surface area contributed by atoms with E-state index in [1.54, 1.807) is 6.08 Å². The van der Waals surface area contributed by atoms with Crippen molar-refractivity contribution in [1.82, 2.24) is 5.32 Å². The van der Waals surface area contributed by atoms with Gasteiger partial charge in [0.1, 0.15) is 24.4 Å². The van der Waals surface area contributed by atoms with E-state index in [0.29, 0.717) is 6.42 Å². The number of rotatable bonds is 55. The van der Waals surface area contributed by atoms with Crippen LogP contribution >= 0.6 is 0 Å². The van der Waals surface area contributed by atoms with Crippen molar-refractivity contribution in [2.45, 2.75) is 352 Å². The first-order valence-electron chi connectivity index (χ1n) is 31.7. The molecule has 73 heavy (non-hydrogen) atoms. The van der Waals surface area contributed by atoms with Crippen molar-refractivity contribution in [3.05, 3.63) is 36.5 Å². The van der Waals surface area contributed by atoms with Crippen LogP contribution in [0.15, 0.2) is 36.5 Å². The van der Waals surface area contributed by atoms with Crippen molar-refractivity contribution in [1.29, 1.82) is 0 Å². The highest BCUT2D eigenvalue weighted by atomic mass is 16.7. The minimum Gasteiger partial charge on any atom is -0.394 e. The lowest BCUT2D eigenvalue weighted by molar-refractivity contribution is -0.302. The van der Waals surface area contributed by atoms with Gasteiger partial charge in [0.15, 0.2) is 6.29 Å². The summed E-state index contributed by atoms with van der Waals surface area (Å²) in [6.07, 6.45) is 63.8. The first kappa shape index (κ1) is 69.4. The fourth-order valence-electron chi connectivity index (χ4n) is 10.2. The zero-order valence-corrected chi connectivity index (χ0v) is 47.9. The van der Waals surface area contributed by atoms with Gasteiger partial charge in [-0.3, -0.25) is 4.79 Å². The van der Waals surface area contributed by atoms with E-state index in [4.69, 9.17) is 9.47 Å². The number of nitrogens with one attached hydrogen (secondary N) is 1. The molecule has 1 heterocycles. The van der Waals surface area contributed by atoms with Gasteiger partial charge < -0.3 is 40.3 Å². The minimum absolute atomic E-state index is 0.182. The summed E-state index contributed by atoms with van der Waals surface area (Å²) in [5, 5.41) is 54.6. The van der Waals surface area contributed by atoms with E-state index < -0.39 is 49.5 Å². The number of hydrogen-bond acceptors (Lipinski definition) is 8. The van der Waals surface area contributed by atoms with Crippen molar-refractivity contribution in [3.8, 4) is 0 Å². The lowest BCUT2D eigenvalue weighted by Crippen LogP contribution is -2.60. The molecule has 0 aromatic carbocycles. The number of amides is 1. The van der Waals surface area contributed by atoms with Gasteiger partial charge in [0, 0.05) is 6.42 Å². The Balaban J connectivity index is 2.17. The van der Waals surface area contributed by atoms with Gasteiger partial charge in [0.25, 0.3) is 0 Å². The molecule has 0 saturated carbocycles. The molecule has 9 nitrogen and oxygen atoms in total. The number of aliphatic hydroxyl groups is 5. The lowest BCUT2D eigenvalue weighted by Gasteiger charge is -2.40. The number of carbonyl (C=O) groups excluding carboxylic acids is 1. The molecule has 6 N–H and O–H groups in total. The molecule has 1 rings (SSSR count). The molecule has 430 valence electrons. The molecule has 1 aliphatic heterocycles. The Hall–Kier alpha value is -1.59. The molecule has 0 radical (unpaired) electrons. The van der Waals surface area contributed by atoms with Gasteiger partial charge in [0.2, 0.25) is 5.91 Å². The number of aliphatic hydroxyl groups excluding tert-OH is 5. The maximum Gasteiger partial charge on any atom is 0.220 e. The van der Waals surface area contributed by atoms with Crippen LogP contribution in [0.5, 0.6) is 0 Å². The van der Waals surface area contributed by atoms with Crippen molar-refractivity contribution in [2.24, 2.45) is 0 Å². The number of hydrogen-bond donors (Lipinski definition) is 6. The van der Waals surface area contributed by atoms with E-state index in [-0.39, 0.29) is 12.5 Å². The predicted molar refractivity (Wildman–Crippen MR) is 309 cm³/mol. The highest BCUT2D eigenvalue weighted by Crippen LogP contribution is 2.23. The third kappa shape index (κ3) is 43.1. The molecule has 1 saturated heterocycles. The van der Waals surface area contributed by atoms with E-state index >= 15 is 0 Å². The van der Waals surface area contributed by atoms with Gasteiger partial charge in [-0.1, -0.05) is 281 Å². The van der Waals surface area contributed by atoms with Crippen LogP contribution in [-0.2, 0) is 14.3 Å². The third-order valence-corrected chi connectivity index (χ3v) is 15.2. The zero-order chi connectivity index (χ0) is 52.9. The van der Waals surface area contributed by atoms with Crippen molar-refractivity contribution in [2.75, 3.05) is 13.2 Å². The number of unbranched alkanes of at least 4 members (excludes halogenated alkanes) is 41. The Kier molecular flexibility index (Phi) is 51.2. The summed E-state index contributed by atoms with van der Waals surface area (Å²) >= 11 is 0. The second-order valence-electron chi connectivity index (χ2n) is 22.2. The molecular weight excluding hydrogens is 911 g/mol. The maximum absolute atomic E-state index is 13.1. The van der Waals surface area contributed by atoms with E-state index in [9.17, 15) is 30.3 Å². The van der Waals surface area contributed by atoms with Crippen LogP contribution in [0.4, 0.5) is 0 Å². The van der Waals surface area contributed by atoms with E-state index in [0.717, 1.165) is 38.5 Å². The molecule has 0 aliphatic carbocycles. The molecule has 9 heteroatoms. The first-order chi connectivity index (χ1) is 35.8. The monoisotopic (exact) mass is 1030 g/mol. The Labute approximate surface area is 451 Å². The molecule has 0 spiro atoms. The Morgan fingerprint density at radius 2 is 0.781 bits per heavy atom. The third-order valence-electron chi connectivity index (χ3n) is 15.2. The lowest BCUT2D eigenvalue weighted by atomic mass is 9.99. The Morgan fingerprint density at radius 1 is 0.452 bits per heavy atom. The summed E-state index contributed by atoms with van der Waals surface area (Å²) in [5.41, 5.74) is 0. The second-order valence-corrected chi connectivity index (χ2v) is 22.2. The number of ether oxygens (including phenoxy) is 2. The fourth-order valence-corrected chi connectivity index (χ4v) is 10.2. The van der Waals surface area contributed by atoms with Gasteiger partial charge in [-0.25, -0.2) is 0 Å². The minimum atomic E-state index is -1.57. The van der Waals surface area contributed by atoms with Gasteiger partial charge in [-0.2, -0.15) is 0 Å². The van der Waals surface area contributed by atoms with Gasteiger partial charge in [-0.15, -0.1) is 0 Å². The van der Waals surface area contributed by atoms with E-state index in [2.05, 4.69) is 43.5 Å². The van der Waals surface area contributed by atoms with Crippen molar-refractivity contribution >= 4 is 5.91 Å². The average molecular weight is 1030 g/mol. The van der Waals surface area contributed by atoms with Crippen LogP contribution in [0, 0.1) is 0 Å². The van der Waals surface area contributed by atoms with Crippen LogP contribution in [0.25, 0.3) is 0 Å². The van der Waals surface area contributed by atoms with Gasteiger partial charge in [-0.05, 0) is 57.8 Å². The van der Waals surface area contributed by atoms with Crippen LogP contribution < -0.4 is 5.32 Å². The zero-order valence-electron chi connectivity index (χ0n) is 47.9. The van der Waals surface area contributed by atoms with Gasteiger partial charge >= 0.3 is 0 Å². The van der Waals surface area contributed by atoms with Crippen molar-refractivity contribution < 1.29 is 39.8 Å². The molecular formula is C64H121NO8. The summed E-state index contributed by atoms with van der Waals surface area (Å²) in [4.78, 5) is 13.1. The molecule has 7 unspecified atom stereocenters. The summed E-state index contributed by atoms with van der Waals surface area (Å²) in [6.45, 7) is 3.80. The largest absolute Gasteiger partial charge is 0.394 e. The standard InChI is InChI=1S/C64H121NO8/c1-3-5-7-9-11-13-15-17-19-21-23-25-26-27-28-29-30-31-32-33-34-36-38-40-42-44-46-48-50-52-54-60(68)65-57(56-72-64-63(71)62(70)61(69)59(55-66)73-64)58(67)53-51-49-47-45-43-41-39-37-35-24-22-20-18-16-14-12-10-8-6-4-2/h27-28,43,45,51,53,57-59,61-64,66-67,69-71H,3-26,29-42,44,46-50,52,54-56H2,1-2H3,(H,65,68)/b28-27-,45-43+,53-51+. The summed E-state index contributed by atoms with van der Waals surface area (Å²) < 4.78 is 11.3. The topological polar surface area (TPSA) is 149 Å². The smallest absolute Gasteiger partial charge is 0.220 e. The molecule has 1 aliphatic rings. The molecule has 7 atom stereocenters. The maximum atomic E-state index is 13.1. The quantitative estimate of drug-likeness (QED) is 0.0261. The molecule has 1 fully saturated rings. The predicted octanol–water partition coefficient (Wildman–Crippen LogP) is 16.3. The van der Waals surface area contributed by atoms with Crippen LogP contribution in [0.3, 0.4) is 0 Å². The van der Waals surface area contributed by atoms with Crippen LogP contribution in [-0.4, -0.2) is 87.5 Å². The van der Waals surface area contributed by atoms with Gasteiger partial charge in [0.05, 0.1) is 25.4 Å². The Bertz CT molecular complexity index is 1240. The van der Waals surface area contributed by atoms with E-state index in [1.807, 2.05) is 6.08 Å². The highest BCUT2D eigenvalue weighted by molar-refractivity contribution is 5.76. The van der Waals surface area contributed by atoms with Crippen LogP contribution in [0.1, 0.15) is 309 Å². The summed E-state index contributed by atoms with van der Waals surface area (Å²) in [7, 11) is 0. The molecule has 0 bridgehead atoms. The van der Waals surface area contributed by atoms with E-state index in [1.165, 1.54) is 250 Å². The second kappa shape index (κ2) is 53.8. The van der Waals surface area contributed by atoms with Crippen LogP contribution in [0.2, 0.25) is 0 Å². The highest BCUT2D eigenvalue weighted by Gasteiger charge is 2.44. The molecule has 1 amide bonds. The number of carbonyl (C=O) groups is 1. The Morgan fingerprint density at radius 3 is 1.15 bits per heavy atom. The summed E-state index contributed by atoms with van der Waals surface area (Å²) in [6, 6.07) is -0.821.